The summed E-state index contributed by atoms with van der Waals surface area (Å²) in [5.74, 6) is 0.106. The Balaban J connectivity index is 1.55. The van der Waals surface area contributed by atoms with Crippen LogP contribution in [0.15, 0.2) is 10.6 Å². The maximum absolute atomic E-state index is 13.0. The average molecular weight is 416 g/mol. The molecule has 0 spiro atoms. The molecule has 3 atom stereocenters. The van der Waals surface area contributed by atoms with E-state index < -0.39 is 16.3 Å². The second-order valence-electron chi connectivity index (χ2n) is 7.51. The third-order valence-corrected chi connectivity index (χ3v) is 7.08. The minimum Gasteiger partial charge on any atom is -0.373 e. The highest BCUT2D eigenvalue weighted by Crippen LogP contribution is 2.20. The van der Waals surface area contributed by atoms with Gasteiger partial charge in [-0.25, -0.2) is 0 Å². The number of nitrogens with zero attached hydrogens (tertiary/aromatic N) is 4. The van der Waals surface area contributed by atoms with Crippen molar-refractivity contribution in [2.45, 2.75) is 45.9 Å². The van der Waals surface area contributed by atoms with Crippen molar-refractivity contribution in [2.75, 3.05) is 44.6 Å². The van der Waals surface area contributed by atoms with E-state index in [2.05, 4.69) is 10.5 Å². The van der Waals surface area contributed by atoms with Gasteiger partial charge in [0.25, 0.3) is 10.2 Å². The fourth-order valence-electron chi connectivity index (χ4n) is 3.62. The monoisotopic (exact) mass is 415 g/mol. The molecule has 28 heavy (non-hydrogen) atoms. The molecule has 1 N–H and O–H groups in total. The SMILES string of the molecule is Cc1cc(NC(=O)[C@H](C)N2CCN(S(=O)(=O)N3C[C@H](C)O[C@@H](C)C3)CC2)on1. The smallest absolute Gasteiger partial charge is 0.282 e. The summed E-state index contributed by atoms with van der Waals surface area (Å²) < 4.78 is 39.6. The van der Waals surface area contributed by atoms with Crippen molar-refractivity contribution in [1.82, 2.24) is 18.7 Å². The number of aromatic nitrogens is 1. The first-order valence-corrected chi connectivity index (χ1v) is 11.0. The lowest BCUT2D eigenvalue weighted by Crippen LogP contribution is -2.58. The van der Waals surface area contributed by atoms with Gasteiger partial charge in [0, 0.05) is 45.3 Å². The number of carbonyl (C=O) groups excluding carboxylic acids is 1. The van der Waals surface area contributed by atoms with E-state index in [0.29, 0.717) is 50.8 Å². The Labute approximate surface area is 165 Å². The Morgan fingerprint density at radius 2 is 1.79 bits per heavy atom. The highest BCUT2D eigenvalue weighted by molar-refractivity contribution is 7.86. The van der Waals surface area contributed by atoms with Gasteiger partial charge in [0.2, 0.25) is 11.8 Å². The highest BCUT2D eigenvalue weighted by atomic mass is 32.2. The van der Waals surface area contributed by atoms with Crippen LogP contribution in [-0.2, 0) is 19.7 Å². The summed E-state index contributed by atoms with van der Waals surface area (Å²) in [7, 11) is -3.53. The van der Waals surface area contributed by atoms with Crippen molar-refractivity contribution in [2.24, 2.45) is 0 Å². The summed E-state index contributed by atoms with van der Waals surface area (Å²) in [6.07, 6.45) is -0.244. The lowest BCUT2D eigenvalue weighted by atomic mass is 10.2. The summed E-state index contributed by atoms with van der Waals surface area (Å²) >= 11 is 0. The molecule has 2 fully saturated rings. The van der Waals surface area contributed by atoms with Crippen LogP contribution in [0.5, 0.6) is 0 Å². The van der Waals surface area contributed by atoms with Gasteiger partial charge in [0.1, 0.15) is 0 Å². The van der Waals surface area contributed by atoms with Crippen LogP contribution in [0.1, 0.15) is 26.5 Å². The lowest BCUT2D eigenvalue weighted by molar-refractivity contribution is -0.121. The molecule has 1 aromatic heterocycles. The summed E-state index contributed by atoms with van der Waals surface area (Å²) in [6, 6.07) is 1.25. The molecule has 3 rings (SSSR count). The van der Waals surface area contributed by atoms with Gasteiger partial charge in [-0.05, 0) is 27.7 Å². The van der Waals surface area contributed by atoms with E-state index in [9.17, 15) is 13.2 Å². The van der Waals surface area contributed by atoms with Gasteiger partial charge in [-0.15, -0.1) is 0 Å². The summed E-state index contributed by atoms with van der Waals surface area (Å²) in [6.45, 7) is 9.73. The zero-order valence-corrected chi connectivity index (χ0v) is 17.6. The van der Waals surface area contributed by atoms with E-state index in [1.54, 1.807) is 19.9 Å². The summed E-state index contributed by atoms with van der Waals surface area (Å²) in [4.78, 5) is 14.4. The van der Waals surface area contributed by atoms with E-state index in [4.69, 9.17) is 9.26 Å². The third kappa shape index (κ3) is 4.71. The van der Waals surface area contributed by atoms with E-state index in [-0.39, 0.29) is 18.1 Å². The lowest BCUT2D eigenvalue weighted by Gasteiger charge is -2.41. The number of morpholine rings is 1. The molecular formula is C17H29N5O5S. The molecule has 0 saturated carbocycles. The third-order valence-electron chi connectivity index (χ3n) is 5.11. The topological polar surface area (TPSA) is 108 Å². The van der Waals surface area contributed by atoms with E-state index in [1.807, 2.05) is 18.7 Å². The van der Waals surface area contributed by atoms with Crippen LogP contribution >= 0.6 is 0 Å². The summed E-state index contributed by atoms with van der Waals surface area (Å²) in [5, 5.41) is 6.44. The molecule has 0 unspecified atom stereocenters. The van der Waals surface area contributed by atoms with Gasteiger partial charge in [-0.1, -0.05) is 5.16 Å². The van der Waals surface area contributed by atoms with Gasteiger partial charge in [0.05, 0.1) is 23.9 Å². The predicted molar refractivity (Wildman–Crippen MR) is 103 cm³/mol. The largest absolute Gasteiger partial charge is 0.373 e. The highest BCUT2D eigenvalue weighted by Gasteiger charge is 2.37. The number of rotatable bonds is 5. The van der Waals surface area contributed by atoms with Gasteiger partial charge >= 0.3 is 0 Å². The molecule has 11 heteroatoms. The number of hydrogen-bond donors (Lipinski definition) is 1. The van der Waals surface area contributed by atoms with Gasteiger partial charge in [-0.3, -0.25) is 15.0 Å². The molecule has 0 aromatic carbocycles. The number of aryl methyl sites for hydroxylation is 1. The van der Waals surface area contributed by atoms with Crippen molar-refractivity contribution in [3.63, 3.8) is 0 Å². The number of carbonyl (C=O) groups is 1. The van der Waals surface area contributed by atoms with Gasteiger partial charge in [0.15, 0.2) is 0 Å². The Hall–Kier alpha value is -1.53. The molecule has 1 amide bonds. The number of nitrogens with one attached hydrogen (secondary N) is 1. The van der Waals surface area contributed by atoms with Crippen LogP contribution in [-0.4, -0.2) is 90.5 Å². The molecule has 2 saturated heterocycles. The van der Waals surface area contributed by atoms with Crippen molar-refractivity contribution >= 4 is 22.0 Å². The number of anilines is 1. The first kappa shape index (κ1) is 21.2. The molecule has 2 aliphatic rings. The molecule has 1 aromatic rings. The molecule has 0 radical (unpaired) electrons. The first-order valence-electron chi connectivity index (χ1n) is 9.55. The van der Waals surface area contributed by atoms with Crippen LogP contribution in [0.2, 0.25) is 0 Å². The molecule has 3 heterocycles. The number of piperazine rings is 1. The van der Waals surface area contributed by atoms with Crippen LogP contribution in [0.3, 0.4) is 0 Å². The van der Waals surface area contributed by atoms with Crippen molar-refractivity contribution in [3.05, 3.63) is 11.8 Å². The van der Waals surface area contributed by atoms with Crippen LogP contribution in [0.4, 0.5) is 5.88 Å². The zero-order valence-electron chi connectivity index (χ0n) is 16.8. The fourth-order valence-corrected chi connectivity index (χ4v) is 5.37. The Bertz CT molecular complexity index is 780. The van der Waals surface area contributed by atoms with E-state index in [1.165, 1.54) is 8.61 Å². The minimum atomic E-state index is -3.53. The maximum Gasteiger partial charge on any atom is 0.282 e. The quantitative estimate of drug-likeness (QED) is 0.736. The average Bonchev–Trinajstić information content (AvgIpc) is 3.05. The van der Waals surface area contributed by atoms with Gasteiger partial charge < -0.3 is 9.26 Å². The first-order chi connectivity index (χ1) is 13.2. The molecular weight excluding hydrogens is 386 g/mol. The standard InChI is InChI=1S/C17H29N5O5S/c1-12-9-16(27-19-12)18-17(23)15(4)20-5-7-21(8-6-20)28(24,25)22-10-13(2)26-14(3)11-22/h9,13-15H,5-8,10-11H2,1-4H3,(H,18,23)/t13-,14-,15-/m0/s1. The Morgan fingerprint density at radius 3 is 2.32 bits per heavy atom. The Morgan fingerprint density at radius 1 is 1.18 bits per heavy atom. The minimum absolute atomic E-state index is 0.122. The Kier molecular flexibility index (Phi) is 6.40. The molecule has 0 bridgehead atoms. The van der Waals surface area contributed by atoms with E-state index in [0.717, 1.165) is 0 Å². The molecule has 158 valence electrons. The van der Waals surface area contributed by atoms with Crippen molar-refractivity contribution < 1.29 is 22.5 Å². The normalized spacial score (nSPS) is 26.9. The van der Waals surface area contributed by atoms with Crippen molar-refractivity contribution in [1.29, 1.82) is 0 Å². The predicted octanol–water partition coefficient (Wildman–Crippen LogP) is 0.282. The second-order valence-corrected chi connectivity index (χ2v) is 9.44. The van der Waals surface area contributed by atoms with E-state index >= 15 is 0 Å². The number of ether oxygens (including phenoxy) is 1. The number of amides is 1. The van der Waals surface area contributed by atoms with Crippen molar-refractivity contribution in [3.8, 4) is 0 Å². The van der Waals surface area contributed by atoms with Crippen LogP contribution in [0, 0.1) is 6.92 Å². The molecule has 2 aliphatic heterocycles. The number of hydrogen-bond acceptors (Lipinski definition) is 7. The molecule has 0 aliphatic carbocycles. The fraction of sp³-hybridized carbons (Fsp3) is 0.765. The second kappa shape index (κ2) is 8.46. The van der Waals surface area contributed by atoms with Gasteiger partial charge in [-0.2, -0.15) is 17.0 Å². The zero-order chi connectivity index (χ0) is 20.5. The summed E-state index contributed by atoms with van der Waals surface area (Å²) in [5.41, 5.74) is 0.688. The molecule has 10 nitrogen and oxygen atoms in total. The maximum atomic E-state index is 13.0. The van der Waals surface area contributed by atoms with Crippen LogP contribution < -0.4 is 5.32 Å². The van der Waals surface area contributed by atoms with Crippen LogP contribution in [0.25, 0.3) is 0 Å².